The fourth-order valence-electron chi connectivity index (χ4n) is 2.45. The van der Waals surface area contributed by atoms with Gasteiger partial charge >= 0.3 is 6.03 Å². The average molecular weight is 290 g/mol. The quantitative estimate of drug-likeness (QED) is 0.640. The van der Waals surface area contributed by atoms with Crippen molar-refractivity contribution in [2.75, 3.05) is 0 Å². The maximum Gasteiger partial charge on any atom is 0.321 e. The first-order chi connectivity index (χ1) is 10.0. The maximum absolute atomic E-state index is 11.8. The fourth-order valence-corrected chi connectivity index (χ4v) is 2.45. The number of hydrogen-bond acceptors (Lipinski definition) is 3. The highest BCUT2D eigenvalue weighted by Gasteiger charge is 2.19. The molecule has 0 spiro atoms. The lowest BCUT2D eigenvalue weighted by Crippen LogP contribution is -2.49. The summed E-state index contributed by atoms with van der Waals surface area (Å²) in [5.41, 5.74) is 0.528. The number of nitrogens with one attached hydrogen (secondary N) is 2. The number of imide groups is 1. The minimum atomic E-state index is -0.449. The van der Waals surface area contributed by atoms with Crippen LogP contribution < -0.4 is 15.2 Å². The molecule has 6 nitrogen and oxygen atoms in total. The van der Waals surface area contributed by atoms with Crippen molar-refractivity contribution in [1.29, 1.82) is 0 Å². The standard InChI is InChI=1S/C15H19N3O3/c1-11(19)12-5-4-8-18(9-12)10-14(20)17-15(21)16-13-6-2-3-7-13/h4-5,8-9,13H,2-3,6-7,10H2,1H3,(H-,16,17,20,21)/p+1. The van der Waals surface area contributed by atoms with Gasteiger partial charge in [-0.2, -0.15) is 4.57 Å². The van der Waals surface area contributed by atoms with Crippen molar-refractivity contribution in [3.8, 4) is 0 Å². The Morgan fingerprint density at radius 3 is 2.67 bits per heavy atom. The number of urea groups is 1. The first-order valence-corrected chi connectivity index (χ1v) is 7.15. The van der Waals surface area contributed by atoms with Crippen LogP contribution in [-0.4, -0.2) is 23.8 Å². The number of ketones is 1. The molecule has 1 aliphatic carbocycles. The molecule has 1 heterocycles. The zero-order valence-electron chi connectivity index (χ0n) is 12.1. The van der Waals surface area contributed by atoms with Gasteiger partial charge in [-0.25, -0.2) is 4.79 Å². The van der Waals surface area contributed by atoms with E-state index in [0.717, 1.165) is 25.7 Å². The minimum Gasteiger partial charge on any atom is -0.335 e. The molecule has 1 aromatic rings. The lowest BCUT2D eigenvalue weighted by molar-refractivity contribution is -0.684. The number of pyridine rings is 1. The molecule has 1 saturated carbocycles. The van der Waals surface area contributed by atoms with E-state index in [-0.39, 0.29) is 18.4 Å². The Bertz CT molecular complexity index is 551. The zero-order chi connectivity index (χ0) is 15.2. The Kier molecular flexibility index (Phi) is 5.03. The number of rotatable bonds is 4. The van der Waals surface area contributed by atoms with Crippen LogP contribution in [0.3, 0.4) is 0 Å². The molecule has 2 N–H and O–H groups in total. The molecule has 1 fully saturated rings. The maximum atomic E-state index is 11.8. The van der Waals surface area contributed by atoms with Gasteiger partial charge in [-0.05, 0) is 25.8 Å². The first kappa shape index (κ1) is 15.2. The summed E-state index contributed by atoms with van der Waals surface area (Å²) in [5.74, 6) is -0.472. The Labute approximate surface area is 123 Å². The van der Waals surface area contributed by atoms with Crippen molar-refractivity contribution in [1.82, 2.24) is 10.6 Å². The highest BCUT2D eigenvalue weighted by Crippen LogP contribution is 2.17. The smallest absolute Gasteiger partial charge is 0.321 e. The van der Waals surface area contributed by atoms with Gasteiger partial charge < -0.3 is 5.32 Å². The lowest BCUT2D eigenvalue weighted by Gasteiger charge is -2.11. The normalized spacial score (nSPS) is 14.7. The molecule has 0 radical (unpaired) electrons. The molecular formula is C15H20N3O3+. The third-order valence-electron chi connectivity index (χ3n) is 3.53. The summed E-state index contributed by atoms with van der Waals surface area (Å²) in [6.07, 6.45) is 7.45. The molecule has 21 heavy (non-hydrogen) atoms. The third kappa shape index (κ3) is 4.66. The zero-order valence-corrected chi connectivity index (χ0v) is 12.1. The monoisotopic (exact) mass is 290 g/mol. The molecule has 0 bridgehead atoms. The fraction of sp³-hybridized carbons (Fsp3) is 0.467. The molecule has 112 valence electrons. The van der Waals surface area contributed by atoms with Crippen LogP contribution in [0.15, 0.2) is 24.5 Å². The van der Waals surface area contributed by atoms with Crippen molar-refractivity contribution in [2.24, 2.45) is 0 Å². The third-order valence-corrected chi connectivity index (χ3v) is 3.53. The summed E-state index contributed by atoms with van der Waals surface area (Å²) in [5, 5.41) is 5.10. The summed E-state index contributed by atoms with van der Waals surface area (Å²) < 4.78 is 1.58. The number of hydrogen-bond donors (Lipinski definition) is 2. The molecule has 6 heteroatoms. The molecule has 0 aromatic carbocycles. The van der Waals surface area contributed by atoms with Crippen LogP contribution in [0.4, 0.5) is 4.79 Å². The van der Waals surface area contributed by atoms with Gasteiger partial charge in [-0.15, -0.1) is 0 Å². The van der Waals surface area contributed by atoms with Crippen molar-refractivity contribution in [3.63, 3.8) is 0 Å². The van der Waals surface area contributed by atoms with Crippen LogP contribution >= 0.6 is 0 Å². The van der Waals surface area contributed by atoms with Gasteiger partial charge in [-0.1, -0.05) is 12.8 Å². The van der Waals surface area contributed by atoms with Crippen LogP contribution in [0, 0.1) is 0 Å². The van der Waals surface area contributed by atoms with Crippen LogP contribution in [0.2, 0.25) is 0 Å². The molecule has 3 amide bonds. The highest BCUT2D eigenvalue weighted by atomic mass is 16.2. The second-order valence-corrected chi connectivity index (χ2v) is 5.32. The average Bonchev–Trinajstić information content (AvgIpc) is 2.91. The van der Waals surface area contributed by atoms with E-state index >= 15 is 0 Å². The van der Waals surface area contributed by atoms with Gasteiger partial charge in [0.1, 0.15) is 0 Å². The predicted molar refractivity (Wildman–Crippen MR) is 75.6 cm³/mol. The van der Waals surface area contributed by atoms with Crippen LogP contribution in [-0.2, 0) is 11.3 Å². The van der Waals surface area contributed by atoms with Crippen LogP contribution in [0.5, 0.6) is 0 Å². The largest absolute Gasteiger partial charge is 0.335 e. The Morgan fingerprint density at radius 2 is 2.00 bits per heavy atom. The van der Waals surface area contributed by atoms with E-state index in [2.05, 4.69) is 10.6 Å². The van der Waals surface area contributed by atoms with E-state index in [1.165, 1.54) is 6.92 Å². The van der Waals surface area contributed by atoms with Gasteiger partial charge in [0.2, 0.25) is 6.54 Å². The summed E-state index contributed by atoms with van der Waals surface area (Å²) in [6.45, 7) is 1.47. The van der Waals surface area contributed by atoms with Crippen LogP contribution in [0.25, 0.3) is 0 Å². The summed E-state index contributed by atoms with van der Waals surface area (Å²) in [4.78, 5) is 34.7. The minimum absolute atomic E-state index is 0.000787. The van der Waals surface area contributed by atoms with Gasteiger partial charge in [0, 0.05) is 12.1 Å². The van der Waals surface area contributed by atoms with E-state index in [1.54, 1.807) is 29.1 Å². The summed E-state index contributed by atoms with van der Waals surface area (Å²) in [6, 6.07) is 3.10. The van der Waals surface area contributed by atoms with E-state index in [0.29, 0.717) is 5.56 Å². The molecule has 1 aromatic heterocycles. The molecule has 1 aliphatic rings. The molecule has 0 aliphatic heterocycles. The Hall–Kier alpha value is -2.24. The number of carbonyl (C=O) groups is 3. The van der Waals surface area contributed by atoms with Crippen molar-refractivity contribution in [3.05, 3.63) is 30.1 Å². The van der Waals surface area contributed by atoms with E-state index in [4.69, 9.17) is 0 Å². The number of aromatic nitrogens is 1. The van der Waals surface area contributed by atoms with E-state index < -0.39 is 11.9 Å². The molecule has 0 saturated heterocycles. The Balaban J connectivity index is 1.84. The topological polar surface area (TPSA) is 79.2 Å². The first-order valence-electron chi connectivity index (χ1n) is 7.15. The molecular weight excluding hydrogens is 270 g/mol. The van der Waals surface area contributed by atoms with Gasteiger partial charge in [0.15, 0.2) is 18.2 Å². The van der Waals surface area contributed by atoms with Gasteiger partial charge in [-0.3, -0.25) is 14.9 Å². The van der Waals surface area contributed by atoms with Crippen molar-refractivity contribution >= 4 is 17.7 Å². The van der Waals surface area contributed by atoms with Crippen molar-refractivity contribution < 1.29 is 19.0 Å². The number of carbonyl (C=O) groups excluding carboxylic acids is 3. The molecule has 2 rings (SSSR count). The van der Waals surface area contributed by atoms with Gasteiger partial charge in [0.05, 0.1) is 5.56 Å². The van der Waals surface area contributed by atoms with Gasteiger partial charge in [0.25, 0.3) is 5.91 Å². The molecule has 0 unspecified atom stereocenters. The second-order valence-electron chi connectivity index (χ2n) is 5.32. The predicted octanol–water partition coefficient (Wildman–Crippen LogP) is 0.945. The van der Waals surface area contributed by atoms with Crippen LogP contribution in [0.1, 0.15) is 43.0 Å². The molecule has 0 atom stereocenters. The Morgan fingerprint density at radius 1 is 1.29 bits per heavy atom. The van der Waals surface area contributed by atoms with Crippen molar-refractivity contribution in [2.45, 2.75) is 45.2 Å². The highest BCUT2D eigenvalue weighted by molar-refractivity contribution is 5.94. The lowest BCUT2D eigenvalue weighted by atomic mass is 10.2. The SMILES string of the molecule is CC(=O)c1ccc[n+](CC(=O)NC(=O)NC2CCCC2)c1. The summed E-state index contributed by atoms with van der Waals surface area (Å²) >= 11 is 0. The second kappa shape index (κ2) is 6.97. The number of nitrogens with zero attached hydrogens (tertiary/aromatic N) is 1. The summed E-state index contributed by atoms with van der Waals surface area (Å²) in [7, 11) is 0. The van der Waals surface area contributed by atoms with E-state index in [9.17, 15) is 14.4 Å². The number of amides is 3. The van der Waals surface area contributed by atoms with E-state index in [1.807, 2.05) is 0 Å². The number of Topliss-reactive ketones (excluding diaryl/α,β-unsaturated/α-hetero) is 1.